The third kappa shape index (κ3) is 5.73. The third-order valence-corrected chi connectivity index (χ3v) is 8.05. The van der Waals surface area contributed by atoms with E-state index >= 15 is 0 Å². The molecular formula is C21H27NO5S2. The van der Waals surface area contributed by atoms with Crippen LogP contribution < -0.4 is 9.46 Å². The third-order valence-electron chi connectivity index (χ3n) is 5.09. The molecule has 1 N–H and O–H groups in total. The molecule has 3 rings (SSSR count). The molecule has 2 aromatic rings. The van der Waals surface area contributed by atoms with Crippen molar-refractivity contribution in [2.45, 2.75) is 38.5 Å². The number of ether oxygens (including phenoxy) is 1. The minimum atomic E-state index is -3.37. The average Bonchev–Trinajstić information content (AvgIpc) is 3.00. The van der Waals surface area contributed by atoms with Gasteiger partial charge in [0.05, 0.1) is 22.9 Å². The summed E-state index contributed by atoms with van der Waals surface area (Å²) in [6.07, 6.45) is 2.61. The largest absolute Gasteiger partial charge is 0.489 e. The first kappa shape index (κ1) is 21.6. The van der Waals surface area contributed by atoms with Crippen LogP contribution in [0.25, 0.3) is 0 Å². The summed E-state index contributed by atoms with van der Waals surface area (Å²) in [5.74, 6) is 0.998. The smallest absolute Gasteiger partial charge is 0.229 e. The maximum Gasteiger partial charge on any atom is 0.229 e. The Labute approximate surface area is 173 Å². The van der Waals surface area contributed by atoms with Gasteiger partial charge in [0.2, 0.25) is 10.0 Å². The summed E-state index contributed by atoms with van der Waals surface area (Å²) in [5.41, 5.74) is 3.52. The van der Waals surface area contributed by atoms with Crippen LogP contribution in [0.5, 0.6) is 5.75 Å². The lowest BCUT2D eigenvalue weighted by atomic mass is 10.1. The van der Waals surface area contributed by atoms with Gasteiger partial charge in [-0.15, -0.1) is 0 Å². The van der Waals surface area contributed by atoms with Gasteiger partial charge < -0.3 is 4.74 Å². The molecule has 2 aromatic carbocycles. The van der Waals surface area contributed by atoms with Crippen LogP contribution in [0.1, 0.15) is 30.5 Å². The molecule has 0 fully saturated rings. The quantitative estimate of drug-likeness (QED) is 0.685. The van der Waals surface area contributed by atoms with Crippen LogP contribution in [0.3, 0.4) is 0 Å². The molecule has 158 valence electrons. The van der Waals surface area contributed by atoms with E-state index in [1.54, 1.807) is 26.0 Å². The highest BCUT2D eigenvalue weighted by molar-refractivity contribution is 7.92. The number of rotatable bonds is 8. The zero-order chi connectivity index (χ0) is 21.2. The highest BCUT2D eigenvalue weighted by Gasteiger charge is 2.28. The fourth-order valence-electron chi connectivity index (χ4n) is 3.52. The Morgan fingerprint density at radius 3 is 2.41 bits per heavy atom. The molecule has 0 spiro atoms. The van der Waals surface area contributed by atoms with E-state index < -0.39 is 19.9 Å². The Bertz CT molecular complexity index is 1090. The monoisotopic (exact) mass is 437 g/mol. The normalized spacial score (nSPS) is 16.6. The first-order chi connectivity index (χ1) is 13.5. The van der Waals surface area contributed by atoms with E-state index in [1.807, 2.05) is 30.3 Å². The summed E-state index contributed by atoms with van der Waals surface area (Å²) in [6, 6.07) is 12.9. The van der Waals surface area contributed by atoms with Crippen LogP contribution in [-0.4, -0.2) is 34.1 Å². The predicted octanol–water partition coefficient (Wildman–Crippen LogP) is 3.18. The number of hydrogen-bond donors (Lipinski definition) is 1. The molecule has 1 atom stereocenters. The van der Waals surface area contributed by atoms with Gasteiger partial charge in [0.15, 0.2) is 9.84 Å². The Hall–Kier alpha value is -2.06. The molecule has 0 heterocycles. The molecule has 0 saturated heterocycles. The predicted molar refractivity (Wildman–Crippen MR) is 116 cm³/mol. The Morgan fingerprint density at radius 2 is 1.72 bits per heavy atom. The van der Waals surface area contributed by atoms with Crippen molar-refractivity contribution in [3.63, 3.8) is 0 Å². The van der Waals surface area contributed by atoms with Crippen molar-refractivity contribution >= 4 is 25.5 Å². The Kier molecular flexibility index (Phi) is 6.24. The number of hydrogen-bond acceptors (Lipinski definition) is 5. The van der Waals surface area contributed by atoms with Gasteiger partial charge in [0, 0.05) is 5.56 Å². The Morgan fingerprint density at radius 1 is 1.03 bits per heavy atom. The molecule has 0 aliphatic heterocycles. The van der Waals surface area contributed by atoms with Gasteiger partial charge in [-0.25, -0.2) is 16.8 Å². The second-order valence-electron chi connectivity index (χ2n) is 7.90. The summed E-state index contributed by atoms with van der Waals surface area (Å²) in [7, 11) is -6.44. The van der Waals surface area contributed by atoms with Crippen molar-refractivity contribution in [1.29, 1.82) is 0 Å². The van der Waals surface area contributed by atoms with E-state index in [-0.39, 0.29) is 23.5 Å². The lowest BCUT2D eigenvalue weighted by molar-refractivity contribution is 0.306. The Balaban J connectivity index is 1.67. The minimum absolute atomic E-state index is 0.104. The molecule has 8 heteroatoms. The lowest BCUT2D eigenvalue weighted by Gasteiger charge is -2.12. The first-order valence-corrected chi connectivity index (χ1v) is 13.2. The van der Waals surface area contributed by atoms with Gasteiger partial charge in [0.25, 0.3) is 0 Å². The summed E-state index contributed by atoms with van der Waals surface area (Å²) in [6.45, 7) is 3.67. The molecule has 0 bridgehead atoms. The van der Waals surface area contributed by atoms with Gasteiger partial charge in [-0.2, -0.15) is 0 Å². The van der Waals surface area contributed by atoms with E-state index in [9.17, 15) is 16.8 Å². The molecule has 6 nitrogen and oxygen atoms in total. The molecule has 0 saturated carbocycles. The van der Waals surface area contributed by atoms with Gasteiger partial charge >= 0.3 is 0 Å². The number of nitrogens with one attached hydrogen (secondary N) is 1. The van der Waals surface area contributed by atoms with Crippen LogP contribution in [0, 0.1) is 5.92 Å². The van der Waals surface area contributed by atoms with E-state index in [0.717, 1.165) is 30.2 Å². The minimum Gasteiger partial charge on any atom is -0.489 e. The fraction of sp³-hybridized carbons (Fsp3) is 0.429. The molecular weight excluding hydrogens is 410 g/mol. The summed E-state index contributed by atoms with van der Waals surface area (Å²) in [5, 5.41) is -0.356. The second kappa shape index (κ2) is 8.36. The zero-order valence-electron chi connectivity index (χ0n) is 16.9. The number of benzene rings is 2. The molecule has 1 aliphatic carbocycles. The molecule has 29 heavy (non-hydrogen) atoms. The number of fused-ring (bicyclic) bond motifs is 1. The van der Waals surface area contributed by atoms with Crippen molar-refractivity contribution in [2.75, 3.05) is 16.7 Å². The maximum atomic E-state index is 12.2. The van der Waals surface area contributed by atoms with E-state index in [2.05, 4.69) is 4.72 Å². The number of sulfonamides is 1. The standard InChI is InChI=1S/C21H27NO5S2/c1-15(2)29(25,26)14-16-10-17-8-9-20(12-19(17)11-16)27-13-18-6-4-5-7-21(18)22-28(3,23)24/h4-9,12,15-16,22H,10-11,13-14H2,1-3H3/t16-/m0/s1. The molecule has 0 radical (unpaired) electrons. The molecule has 1 aliphatic rings. The zero-order valence-corrected chi connectivity index (χ0v) is 18.5. The van der Waals surface area contributed by atoms with Gasteiger partial charge in [-0.3, -0.25) is 4.72 Å². The van der Waals surface area contributed by atoms with Crippen molar-refractivity contribution < 1.29 is 21.6 Å². The molecule has 0 amide bonds. The van der Waals surface area contributed by atoms with Gasteiger partial charge in [0.1, 0.15) is 12.4 Å². The highest BCUT2D eigenvalue weighted by atomic mass is 32.2. The van der Waals surface area contributed by atoms with E-state index in [1.165, 1.54) is 5.56 Å². The maximum absolute atomic E-state index is 12.2. The fourth-order valence-corrected chi connectivity index (χ4v) is 5.40. The number of anilines is 1. The van der Waals surface area contributed by atoms with Crippen LogP contribution in [0.4, 0.5) is 5.69 Å². The highest BCUT2D eigenvalue weighted by Crippen LogP contribution is 2.31. The summed E-state index contributed by atoms with van der Waals surface area (Å²) in [4.78, 5) is 0. The van der Waals surface area contributed by atoms with Crippen LogP contribution in [0.15, 0.2) is 42.5 Å². The average molecular weight is 438 g/mol. The number of para-hydroxylation sites is 1. The molecule has 0 aromatic heterocycles. The van der Waals surface area contributed by atoms with Gasteiger partial charge in [-0.1, -0.05) is 24.3 Å². The van der Waals surface area contributed by atoms with E-state index in [4.69, 9.17) is 4.74 Å². The molecule has 0 unspecified atom stereocenters. The van der Waals surface area contributed by atoms with Crippen molar-refractivity contribution in [3.8, 4) is 5.75 Å². The van der Waals surface area contributed by atoms with Crippen LogP contribution in [0.2, 0.25) is 0 Å². The topological polar surface area (TPSA) is 89.5 Å². The van der Waals surface area contributed by atoms with E-state index in [0.29, 0.717) is 11.4 Å². The van der Waals surface area contributed by atoms with Crippen molar-refractivity contribution in [3.05, 3.63) is 59.2 Å². The lowest BCUT2D eigenvalue weighted by Crippen LogP contribution is -2.23. The number of sulfone groups is 1. The van der Waals surface area contributed by atoms with Crippen molar-refractivity contribution in [1.82, 2.24) is 0 Å². The van der Waals surface area contributed by atoms with Gasteiger partial charge in [-0.05, 0) is 61.9 Å². The summed E-state index contributed by atoms with van der Waals surface area (Å²) < 4.78 is 55.9. The van der Waals surface area contributed by atoms with Crippen LogP contribution >= 0.6 is 0 Å². The SMILES string of the molecule is CC(C)S(=O)(=O)C[C@H]1Cc2ccc(OCc3ccccc3NS(C)(=O)=O)cc2C1. The second-order valence-corrected chi connectivity index (χ2v) is 12.3. The first-order valence-electron chi connectivity index (χ1n) is 9.55. The van der Waals surface area contributed by atoms with Crippen molar-refractivity contribution in [2.24, 2.45) is 5.92 Å². The van der Waals surface area contributed by atoms with Crippen LogP contribution in [-0.2, 0) is 39.3 Å². The summed E-state index contributed by atoms with van der Waals surface area (Å²) >= 11 is 0.